The number of carbonyl (C=O) groups excluding carboxylic acids is 1. The minimum absolute atomic E-state index is 0.0916. The summed E-state index contributed by atoms with van der Waals surface area (Å²) in [7, 11) is 0. The van der Waals surface area contributed by atoms with Crippen LogP contribution in [0.2, 0.25) is 0 Å². The molecule has 4 heteroatoms. The lowest BCUT2D eigenvalue weighted by Crippen LogP contribution is -2.33. The second kappa shape index (κ2) is 4.68. The standard InChI is InChI=1S/C15H19NO3/c1-4-16(10-8-6-5-7-9-10)13(17)11-12(14(18)19)15(11,2)3/h5-9,11-12H,4H2,1-3H3,(H,18,19)/t11-,12+/m1/s1. The number of anilines is 1. The molecule has 1 aromatic rings. The van der Waals surface area contributed by atoms with Crippen LogP contribution in [0.3, 0.4) is 0 Å². The highest BCUT2D eigenvalue weighted by Crippen LogP contribution is 2.59. The largest absolute Gasteiger partial charge is 0.481 e. The Labute approximate surface area is 113 Å². The molecule has 1 N–H and O–H groups in total. The fourth-order valence-corrected chi connectivity index (χ4v) is 2.80. The first-order chi connectivity index (χ1) is 8.91. The van der Waals surface area contributed by atoms with E-state index in [1.54, 1.807) is 4.90 Å². The molecular weight excluding hydrogens is 242 g/mol. The Morgan fingerprint density at radius 1 is 1.21 bits per heavy atom. The van der Waals surface area contributed by atoms with Crippen molar-refractivity contribution in [1.29, 1.82) is 0 Å². The number of rotatable bonds is 4. The van der Waals surface area contributed by atoms with Crippen LogP contribution in [0.25, 0.3) is 0 Å². The second-order valence-corrected chi connectivity index (χ2v) is 5.53. The van der Waals surface area contributed by atoms with Crippen molar-refractivity contribution in [3.05, 3.63) is 30.3 Å². The number of amides is 1. The Hall–Kier alpha value is -1.84. The summed E-state index contributed by atoms with van der Waals surface area (Å²) < 4.78 is 0. The van der Waals surface area contributed by atoms with Gasteiger partial charge in [-0.3, -0.25) is 9.59 Å². The third-order valence-electron chi connectivity index (χ3n) is 4.01. The number of carbonyl (C=O) groups is 2. The van der Waals surface area contributed by atoms with Gasteiger partial charge in [0.05, 0.1) is 11.8 Å². The summed E-state index contributed by atoms with van der Waals surface area (Å²) in [5.41, 5.74) is 0.368. The van der Waals surface area contributed by atoms with Crippen LogP contribution < -0.4 is 4.90 Å². The zero-order valence-corrected chi connectivity index (χ0v) is 11.5. The van der Waals surface area contributed by atoms with E-state index in [9.17, 15) is 9.59 Å². The molecule has 1 aliphatic carbocycles. The van der Waals surface area contributed by atoms with Crippen molar-refractivity contribution in [2.24, 2.45) is 17.3 Å². The number of hydrogen-bond donors (Lipinski definition) is 1. The molecule has 19 heavy (non-hydrogen) atoms. The molecule has 0 heterocycles. The van der Waals surface area contributed by atoms with Crippen molar-refractivity contribution in [2.45, 2.75) is 20.8 Å². The van der Waals surface area contributed by atoms with Gasteiger partial charge in [0.2, 0.25) is 5.91 Å². The molecule has 0 bridgehead atoms. The first-order valence-corrected chi connectivity index (χ1v) is 6.50. The quantitative estimate of drug-likeness (QED) is 0.905. The molecular formula is C15H19NO3. The van der Waals surface area contributed by atoms with Gasteiger partial charge in [-0.2, -0.15) is 0 Å². The lowest BCUT2D eigenvalue weighted by Gasteiger charge is -2.21. The van der Waals surface area contributed by atoms with Gasteiger partial charge in [0.1, 0.15) is 0 Å². The maximum absolute atomic E-state index is 12.5. The summed E-state index contributed by atoms with van der Waals surface area (Å²) in [6.45, 7) is 6.12. The molecule has 4 nitrogen and oxygen atoms in total. The zero-order valence-electron chi connectivity index (χ0n) is 11.5. The van der Waals surface area contributed by atoms with Crippen molar-refractivity contribution in [1.82, 2.24) is 0 Å². The summed E-state index contributed by atoms with van der Waals surface area (Å²) in [5.74, 6) is -1.97. The predicted molar refractivity (Wildman–Crippen MR) is 72.9 cm³/mol. The molecule has 0 aliphatic heterocycles. The van der Waals surface area contributed by atoms with Gasteiger partial charge in [-0.05, 0) is 24.5 Å². The highest BCUT2D eigenvalue weighted by Gasteiger charge is 2.66. The Morgan fingerprint density at radius 3 is 2.21 bits per heavy atom. The van der Waals surface area contributed by atoms with E-state index < -0.39 is 23.2 Å². The molecule has 1 fully saturated rings. The predicted octanol–water partition coefficient (Wildman–Crippen LogP) is 2.40. The molecule has 2 rings (SSSR count). The molecule has 1 aliphatic rings. The molecule has 1 aromatic carbocycles. The number of para-hydroxylation sites is 1. The van der Waals surface area contributed by atoms with Gasteiger partial charge in [0.15, 0.2) is 0 Å². The fourth-order valence-electron chi connectivity index (χ4n) is 2.80. The van der Waals surface area contributed by atoms with Crippen molar-refractivity contribution in [3.63, 3.8) is 0 Å². The average Bonchev–Trinajstić information content (AvgIpc) is 2.94. The molecule has 0 spiro atoms. The van der Waals surface area contributed by atoms with Crippen LogP contribution in [0.15, 0.2) is 30.3 Å². The van der Waals surface area contributed by atoms with Crippen LogP contribution in [0.4, 0.5) is 5.69 Å². The summed E-state index contributed by atoms with van der Waals surface area (Å²) in [6, 6.07) is 9.37. The third-order valence-corrected chi connectivity index (χ3v) is 4.01. The first-order valence-electron chi connectivity index (χ1n) is 6.50. The number of nitrogens with zero attached hydrogens (tertiary/aromatic N) is 1. The third kappa shape index (κ3) is 2.23. The number of hydrogen-bond acceptors (Lipinski definition) is 2. The fraction of sp³-hybridized carbons (Fsp3) is 0.467. The molecule has 2 atom stereocenters. The van der Waals surface area contributed by atoms with Gasteiger partial charge < -0.3 is 10.0 Å². The summed E-state index contributed by atoms with van der Waals surface area (Å²) in [5, 5.41) is 9.16. The van der Waals surface area contributed by atoms with Crippen LogP contribution in [0.5, 0.6) is 0 Å². The number of benzene rings is 1. The van der Waals surface area contributed by atoms with E-state index in [1.807, 2.05) is 51.1 Å². The van der Waals surface area contributed by atoms with Crippen molar-refractivity contribution < 1.29 is 14.7 Å². The van der Waals surface area contributed by atoms with Crippen molar-refractivity contribution in [3.8, 4) is 0 Å². The highest BCUT2D eigenvalue weighted by atomic mass is 16.4. The highest BCUT2D eigenvalue weighted by molar-refractivity contribution is 6.01. The number of carboxylic acids is 1. The summed E-state index contributed by atoms with van der Waals surface area (Å²) >= 11 is 0. The molecule has 102 valence electrons. The smallest absolute Gasteiger partial charge is 0.307 e. The van der Waals surface area contributed by atoms with Crippen LogP contribution in [0, 0.1) is 17.3 Å². The van der Waals surface area contributed by atoms with E-state index in [0.29, 0.717) is 6.54 Å². The summed E-state index contributed by atoms with van der Waals surface area (Å²) in [6.07, 6.45) is 0. The molecule has 0 aromatic heterocycles. The minimum Gasteiger partial charge on any atom is -0.481 e. The first kappa shape index (κ1) is 13.6. The molecule has 1 amide bonds. The second-order valence-electron chi connectivity index (χ2n) is 5.53. The molecule has 0 saturated heterocycles. The van der Waals surface area contributed by atoms with Crippen LogP contribution >= 0.6 is 0 Å². The number of aliphatic carboxylic acids is 1. The van der Waals surface area contributed by atoms with E-state index in [0.717, 1.165) is 5.69 Å². The van der Waals surface area contributed by atoms with E-state index in [-0.39, 0.29) is 5.91 Å². The van der Waals surface area contributed by atoms with Gasteiger partial charge in [0, 0.05) is 12.2 Å². The molecule has 0 unspecified atom stereocenters. The molecule has 1 saturated carbocycles. The number of carboxylic acid groups (broad SMARTS) is 1. The van der Waals surface area contributed by atoms with Crippen LogP contribution in [-0.2, 0) is 9.59 Å². The SMILES string of the molecule is CCN(C(=O)[C@H]1[C@@H](C(=O)O)C1(C)C)c1ccccc1. The normalized spacial score (nSPS) is 23.7. The van der Waals surface area contributed by atoms with E-state index in [1.165, 1.54) is 0 Å². The van der Waals surface area contributed by atoms with Crippen molar-refractivity contribution in [2.75, 3.05) is 11.4 Å². The van der Waals surface area contributed by atoms with E-state index in [4.69, 9.17) is 5.11 Å². The molecule has 0 radical (unpaired) electrons. The average molecular weight is 261 g/mol. The van der Waals surface area contributed by atoms with Gasteiger partial charge in [-0.25, -0.2) is 0 Å². The topological polar surface area (TPSA) is 57.6 Å². The van der Waals surface area contributed by atoms with E-state index in [2.05, 4.69) is 0 Å². The lowest BCUT2D eigenvalue weighted by atomic mass is 10.1. The van der Waals surface area contributed by atoms with Gasteiger partial charge in [-0.15, -0.1) is 0 Å². The van der Waals surface area contributed by atoms with Gasteiger partial charge >= 0.3 is 5.97 Å². The Bertz CT molecular complexity index is 495. The van der Waals surface area contributed by atoms with Gasteiger partial charge in [0.25, 0.3) is 0 Å². The van der Waals surface area contributed by atoms with Crippen molar-refractivity contribution >= 4 is 17.6 Å². The van der Waals surface area contributed by atoms with Crippen LogP contribution in [-0.4, -0.2) is 23.5 Å². The zero-order chi connectivity index (χ0) is 14.2. The Balaban J connectivity index is 2.22. The maximum Gasteiger partial charge on any atom is 0.307 e. The maximum atomic E-state index is 12.5. The van der Waals surface area contributed by atoms with Gasteiger partial charge in [-0.1, -0.05) is 32.0 Å². The lowest BCUT2D eigenvalue weighted by molar-refractivity contribution is -0.140. The van der Waals surface area contributed by atoms with Crippen LogP contribution in [0.1, 0.15) is 20.8 Å². The van der Waals surface area contributed by atoms with E-state index >= 15 is 0 Å². The summed E-state index contributed by atoms with van der Waals surface area (Å²) in [4.78, 5) is 25.4. The Kier molecular flexibility index (Phi) is 3.35. The Morgan fingerprint density at radius 2 is 1.79 bits per heavy atom. The monoisotopic (exact) mass is 261 g/mol. The minimum atomic E-state index is -0.882.